The van der Waals surface area contributed by atoms with Gasteiger partial charge in [0.15, 0.2) is 5.82 Å². The first-order valence-corrected chi connectivity index (χ1v) is 10.9. The molecule has 31 heavy (non-hydrogen) atoms. The van der Waals surface area contributed by atoms with Crippen LogP contribution < -0.4 is 5.32 Å². The molecule has 0 radical (unpaired) electrons. The fourth-order valence-corrected chi connectivity index (χ4v) is 4.89. The molecule has 7 nitrogen and oxygen atoms in total. The van der Waals surface area contributed by atoms with Crippen LogP contribution in [0.2, 0.25) is 0 Å². The zero-order chi connectivity index (χ0) is 21.4. The molecule has 1 fully saturated rings. The SMILES string of the molecule is Cc1ccc(F)c(Sc2cc(-c3cnn(C4CCCNC4)c3)cn3ncc(C#N)c23)n1. The average molecular weight is 434 g/mol. The van der Waals surface area contributed by atoms with E-state index in [1.165, 1.54) is 24.0 Å². The largest absolute Gasteiger partial charge is 0.315 e. The Bertz CT molecular complexity index is 1300. The lowest BCUT2D eigenvalue weighted by Crippen LogP contribution is -2.31. The van der Waals surface area contributed by atoms with E-state index in [-0.39, 0.29) is 5.03 Å². The number of nitrogens with zero attached hydrogens (tertiary/aromatic N) is 6. The molecule has 156 valence electrons. The summed E-state index contributed by atoms with van der Waals surface area (Å²) in [4.78, 5) is 5.05. The summed E-state index contributed by atoms with van der Waals surface area (Å²) in [6, 6.07) is 7.51. The third-order valence-corrected chi connectivity index (χ3v) is 6.45. The number of aryl methyl sites for hydroxylation is 1. The number of halogens is 1. The lowest BCUT2D eigenvalue weighted by atomic mass is 10.1. The minimum atomic E-state index is -0.394. The monoisotopic (exact) mass is 433 g/mol. The molecule has 1 saturated heterocycles. The van der Waals surface area contributed by atoms with Crippen molar-refractivity contribution in [2.24, 2.45) is 0 Å². The van der Waals surface area contributed by atoms with Crippen LogP contribution in [0.5, 0.6) is 0 Å². The molecular formula is C22H20FN7S. The zero-order valence-corrected chi connectivity index (χ0v) is 17.7. The maximum Gasteiger partial charge on any atom is 0.155 e. The van der Waals surface area contributed by atoms with Gasteiger partial charge in [-0.15, -0.1) is 0 Å². The summed E-state index contributed by atoms with van der Waals surface area (Å²) in [5, 5.41) is 22.1. The molecule has 9 heteroatoms. The highest BCUT2D eigenvalue weighted by Crippen LogP contribution is 2.36. The number of aromatic nitrogens is 5. The van der Waals surface area contributed by atoms with Crippen LogP contribution >= 0.6 is 11.8 Å². The quantitative estimate of drug-likeness (QED) is 0.524. The van der Waals surface area contributed by atoms with E-state index in [4.69, 9.17) is 0 Å². The van der Waals surface area contributed by atoms with Gasteiger partial charge in [-0.25, -0.2) is 13.9 Å². The minimum Gasteiger partial charge on any atom is -0.315 e. The molecule has 4 aromatic heterocycles. The van der Waals surface area contributed by atoms with Crippen molar-refractivity contribution >= 4 is 17.3 Å². The Balaban J connectivity index is 1.58. The predicted molar refractivity (Wildman–Crippen MR) is 115 cm³/mol. The molecule has 0 amide bonds. The Kier molecular flexibility index (Phi) is 5.18. The van der Waals surface area contributed by atoms with Crippen LogP contribution in [0.25, 0.3) is 16.6 Å². The average Bonchev–Trinajstić information content (AvgIpc) is 3.44. The molecule has 5 rings (SSSR count). The number of hydrogen-bond acceptors (Lipinski definition) is 6. The van der Waals surface area contributed by atoms with Crippen LogP contribution in [-0.4, -0.2) is 37.5 Å². The third kappa shape index (κ3) is 3.80. The second kappa shape index (κ2) is 8.13. The maximum absolute atomic E-state index is 14.4. The minimum absolute atomic E-state index is 0.271. The van der Waals surface area contributed by atoms with Gasteiger partial charge in [-0.3, -0.25) is 4.68 Å². The fourth-order valence-electron chi connectivity index (χ4n) is 3.84. The second-order valence-corrected chi connectivity index (χ2v) is 8.64. The van der Waals surface area contributed by atoms with Gasteiger partial charge in [-0.2, -0.15) is 15.5 Å². The molecule has 1 unspecified atom stereocenters. The highest BCUT2D eigenvalue weighted by molar-refractivity contribution is 7.99. The molecule has 1 aliphatic heterocycles. The molecule has 0 spiro atoms. The molecule has 5 heterocycles. The van der Waals surface area contributed by atoms with Crippen molar-refractivity contribution in [2.45, 2.75) is 35.7 Å². The van der Waals surface area contributed by atoms with Gasteiger partial charge < -0.3 is 5.32 Å². The number of hydrogen-bond donors (Lipinski definition) is 1. The van der Waals surface area contributed by atoms with Crippen LogP contribution in [-0.2, 0) is 0 Å². The molecule has 0 aromatic carbocycles. The van der Waals surface area contributed by atoms with Gasteiger partial charge in [-0.1, -0.05) is 11.8 Å². The smallest absolute Gasteiger partial charge is 0.155 e. The first kappa shape index (κ1) is 19.7. The van der Waals surface area contributed by atoms with E-state index < -0.39 is 5.82 Å². The van der Waals surface area contributed by atoms with Gasteiger partial charge in [0, 0.05) is 40.7 Å². The number of pyridine rings is 2. The summed E-state index contributed by atoms with van der Waals surface area (Å²) < 4.78 is 18.1. The number of nitriles is 1. The van der Waals surface area contributed by atoms with Crippen molar-refractivity contribution < 1.29 is 4.39 Å². The Morgan fingerprint density at radius 3 is 2.94 bits per heavy atom. The van der Waals surface area contributed by atoms with E-state index in [2.05, 4.69) is 26.6 Å². The van der Waals surface area contributed by atoms with E-state index >= 15 is 0 Å². The summed E-state index contributed by atoms with van der Waals surface area (Å²) >= 11 is 1.20. The Morgan fingerprint density at radius 2 is 2.13 bits per heavy atom. The van der Waals surface area contributed by atoms with Gasteiger partial charge in [0.1, 0.15) is 11.1 Å². The summed E-state index contributed by atoms with van der Waals surface area (Å²) in [7, 11) is 0. The van der Waals surface area contributed by atoms with E-state index in [0.29, 0.717) is 17.1 Å². The fraction of sp³-hybridized carbons (Fsp3) is 0.273. The molecule has 0 aliphatic carbocycles. The zero-order valence-electron chi connectivity index (χ0n) is 16.9. The van der Waals surface area contributed by atoms with Crippen LogP contribution in [0.15, 0.2) is 52.9 Å². The normalized spacial score (nSPS) is 16.5. The third-order valence-electron chi connectivity index (χ3n) is 5.44. The number of nitrogens with one attached hydrogen (secondary N) is 1. The molecule has 0 saturated carbocycles. The molecular weight excluding hydrogens is 413 g/mol. The van der Waals surface area contributed by atoms with Gasteiger partial charge in [0.05, 0.1) is 29.5 Å². The van der Waals surface area contributed by atoms with Crippen molar-refractivity contribution in [1.82, 2.24) is 29.7 Å². The highest BCUT2D eigenvalue weighted by atomic mass is 32.2. The molecule has 1 N–H and O–H groups in total. The Hall–Kier alpha value is -3.22. The Morgan fingerprint density at radius 1 is 1.23 bits per heavy atom. The topological polar surface area (TPSA) is 83.8 Å². The van der Waals surface area contributed by atoms with Crippen molar-refractivity contribution in [1.29, 1.82) is 5.26 Å². The summed E-state index contributed by atoms with van der Waals surface area (Å²) in [5.41, 5.74) is 3.65. The first-order valence-electron chi connectivity index (χ1n) is 10.1. The maximum atomic E-state index is 14.4. The Labute approximate surface area is 182 Å². The number of rotatable bonds is 4. The van der Waals surface area contributed by atoms with Gasteiger partial charge in [-0.05, 0) is 44.5 Å². The van der Waals surface area contributed by atoms with Gasteiger partial charge >= 0.3 is 0 Å². The lowest BCUT2D eigenvalue weighted by Gasteiger charge is -2.22. The summed E-state index contributed by atoms with van der Waals surface area (Å²) in [6.45, 7) is 3.78. The van der Waals surface area contributed by atoms with Crippen LogP contribution in [0.1, 0.15) is 30.1 Å². The molecule has 1 atom stereocenters. The van der Waals surface area contributed by atoms with Crippen LogP contribution in [0, 0.1) is 24.1 Å². The van der Waals surface area contributed by atoms with Gasteiger partial charge in [0.2, 0.25) is 0 Å². The molecule has 1 aliphatic rings. The lowest BCUT2D eigenvalue weighted by molar-refractivity contribution is 0.347. The van der Waals surface area contributed by atoms with Crippen molar-refractivity contribution in [2.75, 3.05) is 13.1 Å². The summed E-state index contributed by atoms with van der Waals surface area (Å²) in [6.07, 6.45) is 9.50. The number of fused-ring (bicyclic) bond motifs is 1. The van der Waals surface area contributed by atoms with Crippen molar-refractivity contribution in [3.8, 4) is 17.2 Å². The van der Waals surface area contributed by atoms with Crippen molar-refractivity contribution in [3.05, 3.63) is 60.1 Å². The molecule has 4 aromatic rings. The van der Waals surface area contributed by atoms with Crippen LogP contribution in [0.3, 0.4) is 0 Å². The van der Waals surface area contributed by atoms with Crippen LogP contribution in [0.4, 0.5) is 4.39 Å². The first-order chi connectivity index (χ1) is 15.1. The number of piperidine rings is 1. The van der Waals surface area contributed by atoms with E-state index in [1.807, 2.05) is 36.3 Å². The predicted octanol–water partition coefficient (Wildman–Crippen LogP) is 3.99. The van der Waals surface area contributed by atoms with E-state index in [0.717, 1.165) is 47.6 Å². The highest BCUT2D eigenvalue weighted by Gasteiger charge is 2.19. The molecule has 0 bridgehead atoms. The summed E-state index contributed by atoms with van der Waals surface area (Å²) in [5.74, 6) is -0.394. The standard InChI is InChI=1S/C22H20FN7S/c1-14-4-5-19(23)22(28-14)31-20-7-15(12-30-21(20)16(8-24)9-27-30)17-10-26-29(13-17)18-3-2-6-25-11-18/h4-5,7,9-10,12-13,18,25H,2-3,6,11H2,1H3. The van der Waals surface area contributed by atoms with E-state index in [9.17, 15) is 9.65 Å². The van der Waals surface area contributed by atoms with Crippen molar-refractivity contribution in [3.63, 3.8) is 0 Å². The second-order valence-electron chi connectivity index (χ2n) is 7.61. The van der Waals surface area contributed by atoms with Gasteiger partial charge in [0.25, 0.3) is 0 Å². The van der Waals surface area contributed by atoms with E-state index in [1.54, 1.807) is 10.6 Å².